The smallest absolute Gasteiger partial charge is 0.233 e. The van der Waals surface area contributed by atoms with Gasteiger partial charge in [0.2, 0.25) is 11.8 Å². The van der Waals surface area contributed by atoms with Crippen molar-refractivity contribution >= 4 is 56.5 Å². The van der Waals surface area contributed by atoms with Crippen LogP contribution in [0.5, 0.6) is 0 Å². The maximum atomic E-state index is 12.7. The summed E-state index contributed by atoms with van der Waals surface area (Å²) in [4.78, 5) is 33.4. The highest BCUT2D eigenvalue weighted by Crippen LogP contribution is 2.31. The predicted molar refractivity (Wildman–Crippen MR) is 129 cm³/mol. The van der Waals surface area contributed by atoms with Crippen LogP contribution in [-0.4, -0.2) is 53.6 Å². The van der Waals surface area contributed by atoms with Crippen LogP contribution in [0.3, 0.4) is 0 Å². The first kappa shape index (κ1) is 21.6. The van der Waals surface area contributed by atoms with Crippen LogP contribution in [0.15, 0.2) is 52.9 Å². The molecule has 31 heavy (non-hydrogen) atoms. The minimum atomic E-state index is 0.0268. The van der Waals surface area contributed by atoms with E-state index in [-0.39, 0.29) is 11.8 Å². The molecule has 1 saturated heterocycles. The molecule has 162 valence electrons. The zero-order valence-electron chi connectivity index (χ0n) is 17.5. The lowest BCUT2D eigenvalue weighted by Gasteiger charge is -2.36. The average Bonchev–Trinajstić information content (AvgIpc) is 3.20. The number of nitrogens with zero attached hydrogens (tertiary/aromatic N) is 3. The van der Waals surface area contributed by atoms with Gasteiger partial charge >= 0.3 is 0 Å². The number of rotatable bonds is 7. The Morgan fingerprint density at radius 1 is 1.10 bits per heavy atom. The molecule has 3 aromatic rings. The normalized spacial score (nSPS) is 14.1. The summed E-state index contributed by atoms with van der Waals surface area (Å²) in [5.74, 6) is 0.578. The number of piperazine rings is 1. The zero-order valence-corrected chi connectivity index (χ0v) is 19.2. The summed E-state index contributed by atoms with van der Waals surface area (Å²) in [6.45, 7) is 5.19. The largest absolute Gasteiger partial charge is 0.368 e. The Morgan fingerprint density at radius 2 is 1.87 bits per heavy atom. The van der Waals surface area contributed by atoms with Crippen molar-refractivity contribution in [2.45, 2.75) is 24.1 Å². The number of para-hydroxylation sites is 1. The van der Waals surface area contributed by atoms with E-state index in [0.717, 1.165) is 52.8 Å². The lowest BCUT2D eigenvalue weighted by molar-refractivity contribution is -0.128. The highest BCUT2D eigenvalue weighted by molar-refractivity contribution is 8.01. The van der Waals surface area contributed by atoms with E-state index in [2.05, 4.69) is 27.3 Å². The summed E-state index contributed by atoms with van der Waals surface area (Å²) < 4.78 is 1.89. The molecule has 1 fully saturated rings. The van der Waals surface area contributed by atoms with Gasteiger partial charge in [0.05, 0.1) is 16.0 Å². The highest BCUT2D eigenvalue weighted by Gasteiger charge is 2.21. The maximum Gasteiger partial charge on any atom is 0.233 e. The molecular weight excluding hydrogens is 428 g/mol. The quantitative estimate of drug-likeness (QED) is 0.534. The van der Waals surface area contributed by atoms with E-state index in [1.807, 2.05) is 48.2 Å². The standard InChI is InChI=1S/C23H26N4O2S2/c1-2-6-21(28)24-17-9-10-19-20(15-17)31-23(25-19)30-16-22(29)27-13-11-26(12-14-27)18-7-4-3-5-8-18/h3-5,7-10,15H,2,6,11-14,16H2,1H3,(H,24,28). The summed E-state index contributed by atoms with van der Waals surface area (Å²) in [5.41, 5.74) is 2.90. The molecule has 2 amide bonds. The Labute approximate surface area is 190 Å². The molecule has 0 radical (unpaired) electrons. The average molecular weight is 455 g/mol. The van der Waals surface area contributed by atoms with Crippen LogP contribution >= 0.6 is 23.1 Å². The number of thioether (sulfide) groups is 1. The second kappa shape index (κ2) is 10.2. The summed E-state index contributed by atoms with van der Waals surface area (Å²) in [6, 6.07) is 16.1. The molecule has 0 saturated carbocycles. The van der Waals surface area contributed by atoms with Crippen LogP contribution in [0.25, 0.3) is 10.2 Å². The number of anilines is 2. The van der Waals surface area contributed by atoms with Gasteiger partial charge in [0, 0.05) is 44.0 Å². The van der Waals surface area contributed by atoms with Crippen molar-refractivity contribution in [3.8, 4) is 0 Å². The molecule has 2 heterocycles. The van der Waals surface area contributed by atoms with Crippen LogP contribution in [0.1, 0.15) is 19.8 Å². The molecule has 0 aliphatic carbocycles. The Bertz CT molecular complexity index is 1050. The predicted octanol–water partition coefficient (Wildman–Crippen LogP) is 4.48. The van der Waals surface area contributed by atoms with E-state index < -0.39 is 0 Å². The van der Waals surface area contributed by atoms with E-state index in [4.69, 9.17) is 0 Å². The second-order valence-electron chi connectivity index (χ2n) is 7.45. The number of hydrogen-bond donors (Lipinski definition) is 1. The first-order valence-corrected chi connectivity index (χ1v) is 12.3. The first-order valence-electron chi connectivity index (χ1n) is 10.5. The minimum Gasteiger partial charge on any atom is -0.368 e. The SMILES string of the molecule is CCCC(=O)Nc1ccc2nc(SCC(=O)N3CCN(c4ccccc4)CC3)sc2c1. The third-order valence-electron chi connectivity index (χ3n) is 5.20. The third kappa shape index (κ3) is 5.57. The van der Waals surface area contributed by atoms with Crippen LogP contribution in [-0.2, 0) is 9.59 Å². The molecule has 0 bridgehead atoms. The molecule has 8 heteroatoms. The second-order valence-corrected chi connectivity index (χ2v) is 9.71. The van der Waals surface area contributed by atoms with Gasteiger partial charge in [-0.2, -0.15) is 0 Å². The number of amides is 2. The van der Waals surface area contributed by atoms with Crippen molar-refractivity contribution in [3.63, 3.8) is 0 Å². The molecule has 0 spiro atoms. The Balaban J connectivity index is 1.29. The number of carbonyl (C=O) groups excluding carboxylic acids is 2. The van der Waals surface area contributed by atoms with E-state index in [9.17, 15) is 9.59 Å². The number of thiazole rings is 1. The van der Waals surface area contributed by atoms with Crippen molar-refractivity contribution in [3.05, 3.63) is 48.5 Å². The van der Waals surface area contributed by atoms with E-state index in [1.165, 1.54) is 17.4 Å². The van der Waals surface area contributed by atoms with E-state index >= 15 is 0 Å². The van der Waals surface area contributed by atoms with Gasteiger partial charge in [0.15, 0.2) is 4.34 Å². The van der Waals surface area contributed by atoms with Gasteiger partial charge in [0.25, 0.3) is 0 Å². The van der Waals surface area contributed by atoms with Crippen molar-refractivity contribution in [1.82, 2.24) is 9.88 Å². The number of aromatic nitrogens is 1. The molecule has 1 aliphatic heterocycles. The van der Waals surface area contributed by atoms with Crippen molar-refractivity contribution < 1.29 is 9.59 Å². The Morgan fingerprint density at radius 3 is 2.61 bits per heavy atom. The monoisotopic (exact) mass is 454 g/mol. The lowest BCUT2D eigenvalue weighted by atomic mass is 10.2. The van der Waals surface area contributed by atoms with Gasteiger partial charge < -0.3 is 15.1 Å². The summed E-state index contributed by atoms with van der Waals surface area (Å²) in [6.07, 6.45) is 1.34. The fraction of sp³-hybridized carbons (Fsp3) is 0.348. The Kier molecular flexibility index (Phi) is 7.09. The summed E-state index contributed by atoms with van der Waals surface area (Å²) in [7, 11) is 0. The topological polar surface area (TPSA) is 65.5 Å². The molecule has 0 unspecified atom stereocenters. The Hall–Kier alpha value is -2.58. The molecule has 1 N–H and O–H groups in total. The van der Waals surface area contributed by atoms with Gasteiger partial charge in [-0.15, -0.1) is 11.3 Å². The van der Waals surface area contributed by atoms with E-state index in [1.54, 1.807) is 11.3 Å². The fourth-order valence-electron chi connectivity index (χ4n) is 3.56. The number of hydrogen-bond acceptors (Lipinski definition) is 6. The number of benzene rings is 2. The van der Waals surface area contributed by atoms with Crippen LogP contribution < -0.4 is 10.2 Å². The van der Waals surface area contributed by atoms with Crippen LogP contribution in [0.4, 0.5) is 11.4 Å². The molecule has 6 nitrogen and oxygen atoms in total. The number of carbonyl (C=O) groups is 2. The first-order chi connectivity index (χ1) is 15.1. The van der Waals surface area contributed by atoms with Gasteiger partial charge in [0.1, 0.15) is 0 Å². The van der Waals surface area contributed by atoms with Crippen LogP contribution in [0.2, 0.25) is 0 Å². The van der Waals surface area contributed by atoms with E-state index in [0.29, 0.717) is 12.2 Å². The summed E-state index contributed by atoms with van der Waals surface area (Å²) >= 11 is 3.05. The molecule has 1 aliphatic rings. The zero-order chi connectivity index (χ0) is 21.6. The maximum absolute atomic E-state index is 12.7. The molecule has 2 aromatic carbocycles. The van der Waals surface area contributed by atoms with Crippen LogP contribution in [0, 0.1) is 0 Å². The lowest BCUT2D eigenvalue weighted by Crippen LogP contribution is -2.49. The molecular formula is C23H26N4O2S2. The van der Waals surface area contributed by atoms with Crippen molar-refractivity contribution in [2.75, 3.05) is 42.1 Å². The fourth-order valence-corrected chi connectivity index (χ4v) is 5.57. The van der Waals surface area contributed by atoms with Crippen molar-refractivity contribution in [2.24, 2.45) is 0 Å². The molecule has 1 aromatic heterocycles. The van der Waals surface area contributed by atoms with Crippen molar-refractivity contribution in [1.29, 1.82) is 0 Å². The number of fused-ring (bicyclic) bond motifs is 1. The van der Waals surface area contributed by atoms with Gasteiger partial charge in [-0.3, -0.25) is 9.59 Å². The minimum absolute atomic E-state index is 0.0268. The highest BCUT2D eigenvalue weighted by atomic mass is 32.2. The number of nitrogens with one attached hydrogen (secondary N) is 1. The summed E-state index contributed by atoms with van der Waals surface area (Å²) in [5, 5.41) is 2.92. The molecule has 0 atom stereocenters. The molecule has 4 rings (SSSR count). The van der Waals surface area contributed by atoms with Gasteiger partial charge in [-0.05, 0) is 36.8 Å². The van der Waals surface area contributed by atoms with Gasteiger partial charge in [-0.1, -0.05) is 36.9 Å². The third-order valence-corrected chi connectivity index (χ3v) is 7.35. The van der Waals surface area contributed by atoms with Gasteiger partial charge in [-0.25, -0.2) is 4.98 Å².